The van der Waals surface area contributed by atoms with Gasteiger partial charge in [-0.3, -0.25) is 14.5 Å². The number of Topliss-reactive ketones (excluding diaryl/α,β-unsaturated/α-hetero) is 1. The number of carbonyl (C=O) groups is 2. The summed E-state index contributed by atoms with van der Waals surface area (Å²) in [6.45, 7) is -0.00335. The van der Waals surface area contributed by atoms with Crippen molar-refractivity contribution in [3.63, 3.8) is 0 Å². The van der Waals surface area contributed by atoms with E-state index in [4.69, 9.17) is 0 Å². The van der Waals surface area contributed by atoms with E-state index in [-0.39, 0.29) is 17.8 Å². The van der Waals surface area contributed by atoms with E-state index in [9.17, 15) is 18.4 Å². The highest BCUT2D eigenvalue weighted by molar-refractivity contribution is 6.52. The van der Waals surface area contributed by atoms with Crippen LogP contribution in [0, 0.1) is 11.6 Å². The van der Waals surface area contributed by atoms with E-state index in [2.05, 4.69) is 4.98 Å². The van der Waals surface area contributed by atoms with Gasteiger partial charge < -0.3 is 4.57 Å². The van der Waals surface area contributed by atoms with Crippen molar-refractivity contribution in [3.05, 3.63) is 47.5 Å². The topological polar surface area (TPSA) is 55.2 Å². The average molecular weight is 277 g/mol. The third kappa shape index (κ3) is 1.70. The molecule has 0 saturated carbocycles. The molecule has 2 aromatic rings. The number of halogens is 2. The average Bonchev–Trinajstić information content (AvgIpc) is 2.88. The van der Waals surface area contributed by atoms with E-state index in [0.717, 1.165) is 11.0 Å². The van der Waals surface area contributed by atoms with Crippen LogP contribution in [-0.4, -0.2) is 21.2 Å². The van der Waals surface area contributed by atoms with Crippen LogP contribution in [0.2, 0.25) is 0 Å². The summed E-state index contributed by atoms with van der Waals surface area (Å²) in [5, 5.41) is 0. The summed E-state index contributed by atoms with van der Waals surface area (Å²) in [5.74, 6) is -3.59. The quantitative estimate of drug-likeness (QED) is 0.780. The number of benzene rings is 1. The zero-order valence-electron chi connectivity index (χ0n) is 10.4. The Morgan fingerprint density at radius 2 is 2.00 bits per heavy atom. The van der Waals surface area contributed by atoms with Crippen molar-refractivity contribution < 1.29 is 18.4 Å². The summed E-state index contributed by atoms with van der Waals surface area (Å²) in [6, 6.07) is 1.53. The number of hydrogen-bond donors (Lipinski definition) is 0. The standard InChI is InChI=1S/C13H9F2N3O2/c1-17-6-16-4-8(17)5-18-11-9(12(19)13(18)20)2-7(14)3-10(11)15/h2-4,6H,5H2,1H3. The molecule has 0 spiro atoms. The molecule has 0 bridgehead atoms. The van der Waals surface area contributed by atoms with Crippen molar-refractivity contribution in [2.45, 2.75) is 6.54 Å². The molecule has 1 aromatic carbocycles. The van der Waals surface area contributed by atoms with E-state index < -0.39 is 23.3 Å². The first-order valence-corrected chi connectivity index (χ1v) is 5.79. The Balaban J connectivity index is 2.09. The summed E-state index contributed by atoms with van der Waals surface area (Å²) >= 11 is 0. The second-order valence-electron chi connectivity index (χ2n) is 4.50. The lowest BCUT2D eigenvalue weighted by atomic mass is 10.1. The number of anilines is 1. The lowest BCUT2D eigenvalue weighted by molar-refractivity contribution is -0.114. The minimum atomic E-state index is -0.929. The van der Waals surface area contributed by atoms with E-state index in [0.29, 0.717) is 11.8 Å². The molecule has 1 aliphatic heterocycles. The van der Waals surface area contributed by atoms with Crippen LogP contribution in [0.3, 0.4) is 0 Å². The van der Waals surface area contributed by atoms with Crippen molar-refractivity contribution in [2.75, 3.05) is 4.90 Å². The van der Waals surface area contributed by atoms with Crippen molar-refractivity contribution in [1.29, 1.82) is 0 Å². The molecule has 0 unspecified atom stereocenters. The van der Waals surface area contributed by atoms with Crippen molar-refractivity contribution in [3.8, 4) is 0 Å². The van der Waals surface area contributed by atoms with Crippen LogP contribution < -0.4 is 4.90 Å². The zero-order valence-corrected chi connectivity index (χ0v) is 10.4. The Hall–Kier alpha value is -2.57. The lowest BCUT2D eigenvalue weighted by Crippen LogP contribution is -2.30. The zero-order chi connectivity index (χ0) is 14.4. The number of aryl methyl sites for hydroxylation is 1. The van der Waals surface area contributed by atoms with Gasteiger partial charge in [-0.25, -0.2) is 13.8 Å². The molecular formula is C13H9F2N3O2. The molecule has 1 aliphatic rings. The van der Waals surface area contributed by atoms with E-state index >= 15 is 0 Å². The number of rotatable bonds is 2. The van der Waals surface area contributed by atoms with Gasteiger partial charge in [-0.1, -0.05) is 0 Å². The number of aromatic nitrogens is 2. The Morgan fingerprint density at radius 3 is 2.65 bits per heavy atom. The van der Waals surface area contributed by atoms with Crippen molar-refractivity contribution >= 4 is 17.4 Å². The van der Waals surface area contributed by atoms with Gasteiger partial charge in [0.25, 0.3) is 11.7 Å². The molecule has 0 N–H and O–H groups in total. The molecule has 20 heavy (non-hydrogen) atoms. The van der Waals surface area contributed by atoms with Gasteiger partial charge in [0, 0.05) is 19.3 Å². The van der Waals surface area contributed by atoms with E-state index in [1.807, 2.05) is 0 Å². The highest BCUT2D eigenvalue weighted by Crippen LogP contribution is 2.33. The molecule has 1 aromatic heterocycles. The predicted octanol–water partition coefficient (Wildman–Crippen LogP) is 1.43. The molecule has 1 amide bonds. The van der Waals surface area contributed by atoms with Crippen LogP contribution >= 0.6 is 0 Å². The molecular weight excluding hydrogens is 268 g/mol. The maximum absolute atomic E-state index is 13.9. The van der Waals surface area contributed by atoms with E-state index in [1.54, 1.807) is 11.6 Å². The monoisotopic (exact) mass is 277 g/mol. The summed E-state index contributed by atoms with van der Waals surface area (Å²) in [6.07, 6.45) is 3.04. The molecule has 5 nitrogen and oxygen atoms in total. The molecule has 0 saturated heterocycles. The van der Waals surface area contributed by atoms with Crippen LogP contribution in [-0.2, 0) is 18.4 Å². The summed E-state index contributed by atoms with van der Waals surface area (Å²) < 4.78 is 28.7. The van der Waals surface area contributed by atoms with Crippen LogP contribution in [0.25, 0.3) is 0 Å². The van der Waals surface area contributed by atoms with Crippen molar-refractivity contribution in [2.24, 2.45) is 7.05 Å². The van der Waals surface area contributed by atoms with Crippen LogP contribution in [0.1, 0.15) is 16.1 Å². The Kier molecular flexibility index (Phi) is 2.63. The smallest absolute Gasteiger partial charge is 0.299 e. The second-order valence-corrected chi connectivity index (χ2v) is 4.50. The number of imidazole rings is 1. The highest BCUT2D eigenvalue weighted by atomic mass is 19.1. The fraction of sp³-hybridized carbons (Fsp3) is 0.154. The minimum Gasteiger partial charge on any atom is -0.336 e. The Bertz CT molecular complexity index is 739. The van der Waals surface area contributed by atoms with Gasteiger partial charge in [0.1, 0.15) is 5.82 Å². The number of fused-ring (bicyclic) bond motifs is 1. The van der Waals surface area contributed by atoms with Gasteiger partial charge in [-0.2, -0.15) is 0 Å². The third-order valence-electron chi connectivity index (χ3n) is 3.22. The SMILES string of the molecule is Cn1cncc1CN1C(=O)C(=O)c2cc(F)cc(F)c21. The molecule has 7 heteroatoms. The van der Waals surface area contributed by atoms with Gasteiger partial charge in [-0.05, 0) is 6.07 Å². The van der Waals surface area contributed by atoms with E-state index in [1.165, 1.54) is 12.5 Å². The second kappa shape index (κ2) is 4.22. The van der Waals surface area contributed by atoms with Gasteiger partial charge >= 0.3 is 0 Å². The maximum Gasteiger partial charge on any atom is 0.299 e. The Morgan fingerprint density at radius 1 is 1.25 bits per heavy atom. The van der Waals surface area contributed by atoms with Gasteiger partial charge in [0.05, 0.1) is 29.8 Å². The predicted molar refractivity (Wildman–Crippen MR) is 65.1 cm³/mol. The molecule has 102 valence electrons. The van der Waals surface area contributed by atoms with Crippen molar-refractivity contribution in [1.82, 2.24) is 9.55 Å². The minimum absolute atomic E-state index is 0.00335. The van der Waals surface area contributed by atoms with Gasteiger partial charge in [-0.15, -0.1) is 0 Å². The number of amides is 1. The first kappa shape index (κ1) is 12.5. The number of nitrogens with zero attached hydrogens (tertiary/aromatic N) is 3. The van der Waals surface area contributed by atoms with Gasteiger partial charge in [0.2, 0.25) is 0 Å². The fourth-order valence-corrected chi connectivity index (χ4v) is 2.20. The number of carbonyl (C=O) groups excluding carboxylic acids is 2. The molecule has 0 atom stereocenters. The molecule has 3 rings (SSSR count). The third-order valence-corrected chi connectivity index (χ3v) is 3.22. The summed E-state index contributed by atoms with van der Waals surface area (Å²) in [4.78, 5) is 28.6. The maximum atomic E-state index is 13.9. The van der Waals surface area contributed by atoms with Gasteiger partial charge in [0.15, 0.2) is 5.82 Å². The molecule has 0 aliphatic carbocycles. The number of ketones is 1. The lowest BCUT2D eigenvalue weighted by Gasteiger charge is -2.17. The normalized spacial score (nSPS) is 14.1. The van der Waals surface area contributed by atoms with Crippen LogP contribution in [0.5, 0.6) is 0 Å². The molecule has 2 heterocycles. The number of hydrogen-bond acceptors (Lipinski definition) is 3. The fourth-order valence-electron chi connectivity index (χ4n) is 2.20. The molecule has 0 fully saturated rings. The largest absolute Gasteiger partial charge is 0.336 e. The Labute approximate surface area is 112 Å². The summed E-state index contributed by atoms with van der Waals surface area (Å²) in [5.41, 5.74) is 0.208. The first-order chi connectivity index (χ1) is 9.49. The van der Waals surface area contributed by atoms with Crippen LogP contribution in [0.15, 0.2) is 24.7 Å². The highest BCUT2D eigenvalue weighted by Gasteiger charge is 2.39. The summed E-state index contributed by atoms with van der Waals surface area (Å²) in [7, 11) is 1.71. The molecule has 0 radical (unpaired) electrons. The first-order valence-electron chi connectivity index (χ1n) is 5.79. The van der Waals surface area contributed by atoms with Crippen LogP contribution in [0.4, 0.5) is 14.5 Å².